The third-order valence-electron chi connectivity index (χ3n) is 1.94. The maximum Gasteiger partial charge on any atom is 0.181 e. The van der Waals surface area contributed by atoms with Crippen molar-refractivity contribution in [1.29, 1.82) is 0 Å². The van der Waals surface area contributed by atoms with Crippen molar-refractivity contribution < 1.29 is 9.13 Å². The summed E-state index contributed by atoms with van der Waals surface area (Å²) in [6, 6.07) is 2.97. The molecular weight excluding hydrogens is 215 g/mol. The van der Waals surface area contributed by atoms with Gasteiger partial charge in [-0.25, -0.2) is 9.37 Å². The minimum Gasteiger partial charge on any atom is -0.492 e. The van der Waals surface area contributed by atoms with Gasteiger partial charge in [0.15, 0.2) is 10.9 Å². The molecule has 2 N–H and O–H groups in total. The summed E-state index contributed by atoms with van der Waals surface area (Å²) in [6.07, 6.45) is 0.910. The highest BCUT2D eigenvalue weighted by Gasteiger charge is 2.11. The zero-order valence-corrected chi connectivity index (χ0v) is 9.10. The summed E-state index contributed by atoms with van der Waals surface area (Å²) in [6.45, 7) is 2.63. The van der Waals surface area contributed by atoms with Crippen LogP contribution >= 0.6 is 11.3 Å². The summed E-state index contributed by atoms with van der Waals surface area (Å²) in [5.74, 6) is 0.296. The second kappa shape index (κ2) is 4.02. The Hall–Kier alpha value is -1.36. The van der Waals surface area contributed by atoms with Gasteiger partial charge in [0.1, 0.15) is 16.0 Å². The molecule has 0 aliphatic heterocycles. The van der Waals surface area contributed by atoms with Crippen LogP contribution in [-0.2, 0) is 0 Å². The Morgan fingerprint density at radius 1 is 1.53 bits per heavy atom. The Balaban J connectivity index is 2.50. The van der Waals surface area contributed by atoms with Crippen molar-refractivity contribution in [2.45, 2.75) is 13.3 Å². The molecule has 0 unspecified atom stereocenters. The SMILES string of the molecule is CCCOc1ccc(F)c2nc(N)sc12. The molecule has 1 heterocycles. The van der Waals surface area contributed by atoms with Crippen molar-refractivity contribution in [3.63, 3.8) is 0 Å². The number of ether oxygens (including phenoxy) is 1. The molecule has 0 saturated carbocycles. The lowest BCUT2D eigenvalue weighted by molar-refractivity contribution is 0.321. The normalized spacial score (nSPS) is 10.8. The van der Waals surface area contributed by atoms with Crippen LogP contribution in [0.5, 0.6) is 5.75 Å². The van der Waals surface area contributed by atoms with E-state index in [9.17, 15) is 4.39 Å². The number of nitrogen functional groups attached to an aromatic ring is 1. The smallest absolute Gasteiger partial charge is 0.181 e. The molecule has 1 aromatic heterocycles. The van der Waals surface area contributed by atoms with Gasteiger partial charge in [0, 0.05) is 0 Å². The first-order valence-electron chi connectivity index (χ1n) is 4.69. The number of anilines is 1. The van der Waals surface area contributed by atoms with Gasteiger partial charge in [0.2, 0.25) is 0 Å². The molecule has 0 radical (unpaired) electrons. The van der Waals surface area contributed by atoms with Crippen molar-refractivity contribution in [2.75, 3.05) is 12.3 Å². The van der Waals surface area contributed by atoms with Gasteiger partial charge in [-0.15, -0.1) is 0 Å². The van der Waals surface area contributed by atoms with Gasteiger partial charge >= 0.3 is 0 Å². The molecule has 0 fully saturated rings. The predicted octanol–water partition coefficient (Wildman–Crippen LogP) is 2.81. The molecule has 0 amide bonds. The first-order chi connectivity index (χ1) is 7.22. The van der Waals surface area contributed by atoms with Gasteiger partial charge in [-0.2, -0.15) is 0 Å². The lowest BCUT2D eigenvalue weighted by Gasteiger charge is -2.04. The second-order valence-corrected chi connectivity index (χ2v) is 4.15. The summed E-state index contributed by atoms with van der Waals surface area (Å²) in [7, 11) is 0. The molecule has 0 bridgehead atoms. The molecule has 2 rings (SSSR count). The minimum atomic E-state index is -0.359. The fraction of sp³-hybridized carbons (Fsp3) is 0.300. The van der Waals surface area contributed by atoms with Gasteiger partial charge in [0.05, 0.1) is 6.61 Å². The second-order valence-electron chi connectivity index (χ2n) is 3.12. The van der Waals surface area contributed by atoms with Crippen LogP contribution in [0.4, 0.5) is 9.52 Å². The van der Waals surface area contributed by atoms with Crippen molar-refractivity contribution >= 4 is 26.7 Å². The molecule has 2 aromatic rings. The van der Waals surface area contributed by atoms with Crippen LogP contribution in [0.2, 0.25) is 0 Å². The Bertz CT molecular complexity index is 483. The summed E-state index contributed by atoms with van der Waals surface area (Å²) in [5.41, 5.74) is 5.84. The highest BCUT2D eigenvalue weighted by molar-refractivity contribution is 7.22. The van der Waals surface area contributed by atoms with Gasteiger partial charge < -0.3 is 10.5 Å². The Morgan fingerprint density at radius 3 is 3.07 bits per heavy atom. The fourth-order valence-electron chi connectivity index (χ4n) is 1.29. The summed E-state index contributed by atoms with van der Waals surface area (Å²) in [4.78, 5) is 3.92. The Kier molecular flexibility index (Phi) is 2.73. The van der Waals surface area contributed by atoms with Crippen LogP contribution in [0.15, 0.2) is 12.1 Å². The Labute approximate surface area is 90.7 Å². The molecule has 3 nitrogen and oxygen atoms in total. The van der Waals surface area contributed by atoms with E-state index in [4.69, 9.17) is 10.5 Å². The van der Waals surface area contributed by atoms with E-state index >= 15 is 0 Å². The summed E-state index contributed by atoms with van der Waals surface area (Å²) >= 11 is 1.25. The van der Waals surface area contributed by atoms with Gasteiger partial charge in [-0.1, -0.05) is 18.3 Å². The van der Waals surface area contributed by atoms with E-state index in [1.807, 2.05) is 6.92 Å². The highest BCUT2D eigenvalue weighted by atomic mass is 32.1. The third kappa shape index (κ3) is 1.87. The molecular formula is C10H11FN2OS. The first kappa shape index (κ1) is 10.2. The van der Waals surface area contributed by atoms with Crippen molar-refractivity contribution in [3.05, 3.63) is 17.9 Å². The van der Waals surface area contributed by atoms with E-state index in [0.29, 0.717) is 27.7 Å². The third-order valence-corrected chi connectivity index (χ3v) is 2.84. The van der Waals surface area contributed by atoms with E-state index in [2.05, 4.69) is 4.98 Å². The number of nitrogens with two attached hydrogens (primary N) is 1. The molecule has 0 spiro atoms. The van der Waals surface area contributed by atoms with Gasteiger partial charge in [-0.05, 0) is 18.6 Å². The minimum absolute atomic E-state index is 0.297. The number of hydrogen-bond acceptors (Lipinski definition) is 4. The van der Waals surface area contributed by atoms with Crippen LogP contribution in [0.25, 0.3) is 10.2 Å². The van der Waals surface area contributed by atoms with Gasteiger partial charge in [-0.3, -0.25) is 0 Å². The van der Waals surface area contributed by atoms with Crippen LogP contribution in [0, 0.1) is 5.82 Å². The van der Waals surface area contributed by atoms with Crippen molar-refractivity contribution in [3.8, 4) is 5.75 Å². The lowest BCUT2D eigenvalue weighted by atomic mass is 10.3. The van der Waals surface area contributed by atoms with Crippen molar-refractivity contribution in [1.82, 2.24) is 4.98 Å². The maximum absolute atomic E-state index is 13.3. The molecule has 0 saturated heterocycles. The number of rotatable bonds is 3. The van der Waals surface area contributed by atoms with Crippen LogP contribution < -0.4 is 10.5 Å². The maximum atomic E-state index is 13.3. The van der Waals surface area contributed by atoms with Crippen LogP contribution in [-0.4, -0.2) is 11.6 Å². The largest absolute Gasteiger partial charge is 0.492 e. The summed E-state index contributed by atoms with van der Waals surface area (Å²) in [5, 5.41) is 0.358. The first-order valence-corrected chi connectivity index (χ1v) is 5.51. The molecule has 15 heavy (non-hydrogen) atoms. The molecule has 1 aromatic carbocycles. The molecule has 0 aliphatic carbocycles. The number of aromatic nitrogens is 1. The van der Waals surface area contributed by atoms with Crippen LogP contribution in [0.3, 0.4) is 0 Å². The number of benzene rings is 1. The average molecular weight is 226 g/mol. The zero-order chi connectivity index (χ0) is 10.8. The number of hydrogen-bond donors (Lipinski definition) is 1. The quantitative estimate of drug-likeness (QED) is 0.875. The molecule has 80 valence electrons. The molecule has 5 heteroatoms. The number of fused-ring (bicyclic) bond motifs is 1. The lowest BCUT2D eigenvalue weighted by Crippen LogP contribution is -1.95. The standard InChI is InChI=1S/C10H11FN2OS/c1-2-5-14-7-4-3-6(11)8-9(7)15-10(12)13-8/h3-4H,2,5H2,1H3,(H2,12,13). The number of thiazole rings is 1. The number of halogens is 1. The Morgan fingerprint density at radius 2 is 2.33 bits per heavy atom. The topological polar surface area (TPSA) is 48.1 Å². The molecule has 0 aliphatic rings. The fourth-order valence-corrected chi connectivity index (χ4v) is 2.11. The van der Waals surface area contributed by atoms with E-state index in [-0.39, 0.29) is 5.82 Å². The van der Waals surface area contributed by atoms with Crippen LogP contribution in [0.1, 0.15) is 13.3 Å². The molecule has 0 atom stereocenters. The predicted molar refractivity (Wildman–Crippen MR) is 59.8 cm³/mol. The monoisotopic (exact) mass is 226 g/mol. The van der Waals surface area contributed by atoms with E-state index < -0.39 is 0 Å². The van der Waals surface area contributed by atoms with E-state index in [1.54, 1.807) is 6.07 Å². The highest BCUT2D eigenvalue weighted by Crippen LogP contribution is 2.33. The van der Waals surface area contributed by atoms with E-state index in [0.717, 1.165) is 6.42 Å². The van der Waals surface area contributed by atoms with E-state index in [1.165, 1.54) is 17.4 Å². The van der Waals surface area contributed by atoms with Crippen molar-refractivity contribution in [2.24, 2.45) is 0 Å². The number of nitrogens with zero attached hydrogens (tertiary/aromatic N) is 1. The summed E-state index contributed by atoms with van der Waals surface area (Å²) < 4.78 is 19.5. The van der Waals surface area contributed by atoms with Gasteiger partial charge in [0.25, 0.3) is 0 Å². The average Bonchev–Trinajstić information content (AvgIpc) is 2.60. The zero-order valence-electron chi connectivity index (χ0n) is 8.29.